The number of hydrogen-bond acceptors (Lipinski definition) is 9. The van der Waals surface area contributed by atoms with Gasteiger partial charge in [0.15, 0.2) is 0 Å². The Hall–Kier alpha value is -3.33. The van der Waals surface area contributed by atoms with Crippen molar-refractivity contribution in [3.05, 3.63) is 65.2 Å². The molecule has 2 aliphatic rings. The summed E-state index contributed by atoms with van der Waals surface area (Å²) < 4.78 is 13.9. The molecule has 0 spiro atoms. The zero-order valence-electron chi connectivity index (χ0n) is 19.8. The quantitative estimate of drug-likeness (QED) is 0.275. The van der Waals surface area contributed by atoms with Crippen molar-refractivity contribution >= 4 is 5.91 Å². The van der Waals surface area contributed by atoms with E-state index in [1.807, 2.05) is 0 Å². The molecule has 36 heavy (non-hydrogen) atoms. The third-order valence-corrected chi connectivity index (χ3v) is 6.61. The second kappa shape index (κ2) is 10.3. The second-order valence-electron chi connectivity index (χ2n) is 9.21. The molecule has 4 heterocycles. The number of aryl methyl sites for hydroxylation is 2. The van der Waals surface area contributed by atoms with Crippen LogP contribution in [0.25, 0.3) is 0 Å². The molecule has 2 aromatic rings. The topological polar surface area (TPSA) is 198 Å². The van der Waals surface area contributed by atoms with Crippen LogP contribution < -0.4 is 27.8 Å². The number of rotatable bonds is 7. The van der Waals surface area contributed by atoms with Gasteiger partial charge in [0, 0.05) is 42.4 Å². The summed E-state index contributed by atoms with van der Waals surface area (Å²) in [7, 11) is 0. The molecule has 2 saturated heterocycles. The number of H-pyrrole nitrogens is 2. The van der Waals surface area contributed by atoms with Gasteiger partial charge in [0.05, 0.1) is 31.3 Å². The molecule has 2 aliphatic heterocycles. The normalized spacial score (nSPS) is 27.9. The fourth-order valence-corrected chi connectivity index (χ4v) is 4.53. The van der Waals surface area contributed by atoms with E-state index in [0.29, 0.717) is 17.5 Å². The van der Waals surface area contributed by atoms with Crippen LogP contribution in [0.4, 0.5) is 0 Å². The Morgan fingerprint density at radius 2 is 1.50 bits per heavy atom. The first kappa shape index (κ1) is 25.8. The van der Waals surface area contributed by atoms with Crippen LogP contribution in [-0.4, -0.2) is 66.7 Å². The molecule has 6 atom stereocenters. The summed E-state index contributed by atoms with van der Waals surface area (Å²) in [4.78, 5) is 64.5. The fourth-order valence-electron chi connectivity index (χ4n) is 4.53. The summed E-state index contributed by atoms with van der Waals surface area (Å²) in [6.07, 6.45) is -1.09. The number of carbonyl (C=O) groups excluding carboxylic acids is 1. The highest BCUT2D eigenvalue weighted by atomic mass is 16.5. The molecule has 4 rings (SSSR count). The van der Waals surface area contributed by atoms with E-state index in [2.05, 4.69) is 15.3 Å². The Morgan fingerprint density at radius 3 is 2.06 bits per heavy atom. The molecule has 14 nitrogen and oxygen atoms in total. The standard InChI is InChI=1S/C22H29N5O9/c1-10-7-26(21(33)24-19(10)31)17-3-12(15(9-28)36-17)6-23-16(30)5-14-13(29)4-18(35-14)27-8-11(2)20(32)25-22(27)34/h7-8,12-15,17-18,28-29H,3-6,9H2,1-2H3,(H,23,30)(H,24,31,33)(H,25,32,34)/t12-,13+,14-,15-,17-,18-/m1/s1. The van der Waals surface area contributed by atoms with Crippen LogP contribution in [0.3, 0.4) is 0 Å². The maximum atomic E-state index is 12.6. The monoisotopic (exact) mass is 507 g/mol. The van der Waals surface area contributed by atoms with Crippen molar-refractivity contribution in [3.63, 3.8) is 0 Å². The number of aliphatic hydroxyl groups excluding tert-OH is 2. The Morgan fingerprint density at radius 1 is 0.972 bits per heavy atom. The summed E-state index contributed by atoms with van der Waals surface area (Å²) in [6, 6.07) is 0. The molecule has 0 bridgehead atoms. The smallest absolute Gasteiger partial charge is 0.330 e. The molecule has 2 fully saturated rings. The van der Waals surface area contributed by atoms with Crippen LogP contribution in [0.2, 0.25) is 0 Å². The SMILES string of the molecule is Cc1cn([C@H]2C[C@H](CNC(=O)C[C@H]3O[C@@H](n4cc(C)c(=O)[nH]c4=O)C[C@@H]3O)[C@@H](CO)O2)c(=O)[nH]c1=O. The van der Waals surface area contributed by atoms with Crippen molar-refractivity contribution in [2.45, 2.75) is 63.9 Å². The van der Waals surface area contributed by atoms with Gasteiger partial charge in [0.2, 0.25) is 5.91 Å². The van der Waals surface area contributed by atoms with Crippen molar-refractivity contribution in [2.75, 3.05) is 13.2 Å². The first-order valence-electron chi connectivity index (χ1n) is 11.6. The van der Waals surface area contributed by atoms with Crippen LogP contribution in [0.5, 0.6) is 0 Å². The number of aromatic amines is 2. The van der Waals surface area contributed by atoms with E-state index in [0.717, 1.165) is 0 Å². The minimum absolute atomic E-state index is 0.0708. The minimum Gasteiger partial charge on any atom is -0.394 e. The lowest BCUT2D eigenvalue weighted by atomic mass is 10.0. The lowest BCUT2D eigenvalue weighted by Crippen LogP contribution is -2.37. The van der Waals surface area contributed by atoms with Crippen molar-refractivity contribution in [2.24, 2.45) is 5.92 Å². The Kier molecular flexibility index (Phi) is 7.40. The molecule has 5 N–H and O–H groups in total. The molecule has 1 amide bonds. The van der Waals surface area contributed by atoms with Gasteiger partial charge in [-0.3, -0.25) is 33.5 Å². The largest absolute Gasteiger partial charge is 0.394 e. The van der Waals surface area contributed by atoms with E-state index in [4.69, 9.17) is 9.47 Å². The average molecular weight is 508 g/mol. The molecule has 0 aliphatic carbocycles. The molecule has 14 heteroatoms. The fraction of sp³-hybridized carbons (Fsp3) is 0.591. The molecule has 0 saturated carbocycles. The molecule has 0 unspecified atom stereocenters. The van der Waals surface area contributed by atoms with E-state index in [1.54, 1.807) is 6.92 Å². The van der Waals surface area contributed by atoms with E-state index >= 15 is 0 Å². The maximum absolute atomic E-state index is 12.6. The highest BCUT2D eigenvalue weighted by Crippen LogP contribution is 2.32. The Bertz CT molecular complexity index is 1360. The summed E-state index contributed by atoms with van der Waals surface area (Å²) in [5.74, 6) is -0.727. The highest BCUT2D eigenvalue weighted by molar-refractivity contribution is 5.76. The molecular weight excluding hydrogens is 478 g/mol. The summed E-state index contributed by atoms with van der Waals surface area (Å²) >= 11 is 0. The zero-order chi connectivity index (χ0) is 26.1. The summed E-state index contributed by atoms with van der Waals surface area (Å²) in [5.41, 5.74) is -1.65. The third-order valence-electron chi connectivity index (χ3n) is 6.61. The predicted molar refractivity (Wildman–Crippen MR) is 123 cm³/mol. The van der Waals surface area contributed by atoms with Crippen molar-refractivity contribution in [1.82, 2.24) is 24.4 Å². The van der Waals surface area contributed by atoms with Crippen molar-refractivity contribution in [1.29, 1.82) is 0 Å². The molecule has 0 radical (unpaired) electrons. The van der Waals surface area contributed by atoms with Gasteiger partial charge in [0.1, 0.15) is 12.5 Å². The molecule has 0 aromatic carbocycles. The summed E-state index contributed by atoms with van der Waals surface area (Å²) in [5, 5.41) is 22.8. The average Bonchev–Trinajstić information content (AvgIpc) is 3.40. The van der Waals surface area contributed by atoms with Gasteiger partial charge in [-0.1, -0.05) is 0 Å². The number of nitrogens with zero attached hydrogens (tertiary/aromatic N) is 2. The second-order valence-corrected chi connectivity index (χ2v) is 9.21. The van der Waals surface area contributed by atoms with Gasteiger partial charge in [-0.25, -0.2) is 9.59 Å². The first-order valence-corrected chi connectivity index (χ1v) is 11.6. The number of ether oxygens (including phenoxy) is 2. The summed E-state index contributed by atoms with van der Waals surface area (Å²) in [6.45, 7) is 2.91. The van der Waals surface area contributed by atoms with Gasteiger partial charge in [-0.05, 0) is 20.3 Å². The number of hydrogen-bond donors (Lipinski definition) is 5. The molecule has 2 aromatic heterocycles. The van der Waals surface area contributed by atoms with Crippen molar-refractivity contribution in [3.8, 4) is 0 Å². The van der Waals surface area contributed by atoms with Crippen molar-refractivity contribution < 1.29 is 24.5 Å². The van der Waals surface area contributed by atoms with Crippen LogP contribution in [0.1, 0.15) is 42.8 Å². The zero-order valence-corrected chi connectivity index (χ0v) is 19.8. The molecular formula is C22H29N5O9. The Labute approximate surface area is 203 Å². The van der Waals surface area contributed by atoms with Gasteiger partial charge >= 0.3 is 11.4 Å². The minimum atomic E-state index is -1.00. The number of nitrogens with one attached hydrogen (secondary N) is 3. The van der Waals surface area contributed by atoms with Gasteiger partial charge in [-0.15, -0.1) is 0 Å². The van der Waals surface area contributed by atoms with E-state index in [-0.39, 0.29) is 31.9 Å². The maximum Gasteiger partial charge on any atom is 0.330 e. The third kappa shape index (κ3) is 5.26. The van der Waals surface area contributed by atoms with Crippen LogP contribution in [-0.2, 0) is 14.3 Å². The van der Waals surface area contributed by atoms with Gasteiger partial charge in [-0.2, -0.15) is 0 Å². The number of aliphatic hydroxyl groups is 2. The van der Waals surface area contributed by atoms with Crippen LogP contribution in [0.15, 0.2) is 31.6 Å². The van der Waals surface area contributed by atoms with E-state index in [1.165, 1.54) is 28.5 Å². The van der Waals surface area contributed by atoms with Gasteiger partial charge < -0.3 is 25.0 Å². The Balaban J connectivity index is 1.35. The number of carbonyl (C=O) groups is 1. The first-order chi connectivity index (χ1) is 17.1. The van der Waals surface area contributed by atoms with Crippen LogP contribution >= 0.6 is 0 Å². The molecule has 196 valence electrons. The predicted octanol–water partition coefficient (Wildman–Crippen LogP) is -2.25. The van der Waals surface area contributed by atoms with Gasteiger partial charge in [0.25, 0.3) is 11.1 Å². The number of aromatic nitrogens is 4. The number of amides is 1. The van der Waals surface area contributed by atoms with Crippen LogP contribution in [0, 0.1) is 19.8 Å². The van der Waals surface area contributed by atoms with E-state index < -0.39 is 59.2 Å². The highest BCUT2D eigenvalue weighted by Gasteiger charge is 2.39. The van der Waals surface area contributed by atoms with E-state index in [9.17, 15) is 34.2 Å². The lowest BCUT2D eigenvalue weighted by molar-refractivity contribution is -0.126. The lowest BCUT2D eigenvalue weighted by Gasteiger charge is -2.18.